The number of rotatable bonds is 7. The molecule has 2 rings (SSSR count). The van der Waals surface area contributed by atoms with Crippen LogP contribution in [0.2, 0.25) is 0 Å². The van der Waals surface area contributed by atoms with E-state index in [1.54, 1.807) is 0 Å². The number of ether oxygens (including phenoxy) is 2. The second-order valence-electron chi connectivity index (χ2n) is 6.46. The minimum absolute atomic E-state index is 0.203. The lowest BCUT2D eigenvalue weighted by molar-refractivity contribution is -0.118. The van der Waals surface area contributed by atoms with Gasteiger partial charge < -0.3 is 20.5 Å². The first-order valence-corrected chi connectivity index (χ1v) is 8.34. The summed E-state index contributed by atoms with van der Waals surface area (Å²) in [6.45, 7) is 3.06. The molecule has 0 bridgehead atoms. The predicted molar refractivity (Wildman–Crippen MR) is 91.1 cm³/mol. The lowest BCUT2D eigenvalue weighted by atomic mass is 9.89. The Kier molecular flexibility index (Phi) is 7.02. The molecule has 5 nitrogen and oxygen atoms in total. The van der Waals surface area contributed by atoms with Gasteiger partial charge in [-0.25, -0.2) is 0 Å². The van der Waals surface area contributed by atoms with Crippen LogP contribution in [0.15, 0.2) is 24.3 Å². The van der Waals surface area contributed by atoms with E-state index >= 15 is 0 Å². The SMILES string of the molecule is COCC(N)C(=O)Nc1cccc(COC2CCCC(C)C2)c1. The summed E-state index contributed by atoms with van der Waals surface area (Å²) >= 11 is 0. The second kappa shape index (κ2) is 9.01. The molecule has 1 saturated carbocycles. The van der Waals surface area contributed by atoms with Gasteiger partial charge in [-0.2, -0.15) is 0 Å². The Bertz CT molecular complexity index is 507. The van der Waals surface area contributed by atoms with Crippen molar-refractivity contribution in [3.63, 3.8) is 0 Å². The highest BCUT2D eigenvalue weighted by Crippen LogP contribution is 2.26. The van der Waals surface area contributed by atoms with Crippen LogP contribution in [0.25, 0.3) is 0 Å². The molecule has 3 N–H and O–H groups in total. The smallest absolute Gasteiger partial charge is 0.243 e. The van der Waals surface area contributed by atoms with Crippen LogP contribution < -0.4 is 11.1 Å². The molecule has 1 aromatic rings. The fourth-order valence-electron chi connectivity index (χ4n) is 2.97. The summed E-state index contributed by atoms with van der Waals surface area (Å²) < 4.78 is 10.9. The minimum Gasteiger partial charge on any atom is -0.383 e. The molecule has 1 aromatic carbocycles. The molecule has 0 aliphatic heterocycles. The number of benzene rings is 1. The molecular weight excluding hydrogens is 292 g/mol. The van der Waals surface area contributed by atoms with Crippen LogP contribution >= 0.6 is 0 Å². The first-order valence-electron chi connectivity index (χ1n) is 8.34. The van der Waals surface area contributed by atoms with Gasteiger partial charge in [0.15, 0.2) is 0 Å². The molecule has 0 saturated heterocycles. The van der Waals surface area contributed by atoms with Crippen LogP contribution in [0.3, 0.4) is 0 Å². The van der Waals surface area contributed by atoms with Gasteiger partial charge >= 0.3 is 0 Å². The summed E-state index contributed by atoms with van der Waals surface area (Å²) in [7, 11) is 1.53. The highest BCUT2D eigenvalue weighted by Gasteiger charge is 2.19. The number of hydrogen-bond donors (Lipinski definition) is 2. The van der Waals surface area contributed by atoms with Gasteiger partial charge in [-0.05, 0) is 36.5 Å². The lowest BCUT2D eigenvalue weighted by Crippen LogP contribution is -2.39. The van der Waals surface area contributed by atoms with Crippen molar-refractivity contribution in [3.8, 4) is 0 Å². The summed E-state index contributed by atoms with van der Waals surface area (Å²) in [6, 6.07) is 7.05. The van der Waals surface area contributed by atoms with Crippen molar-refractivity contribution in [1.82, 2.24) is 0 Å². The van der Waals surface area contributed by atoms with Gasteiger partial charge in [0.2, 0.25) is 5.91 Å². The van der Waals surface area contributed by atoms with Gasteiger partial charge in [-0.15, -0.1) is 0 Å². The van der Waals surface area contributed by atoms with E-state index in [0.717, 1.165) is 30.0 Å². The van der Waals surface area contributed by atoms with Gasteiger partial charge in [0.1, 0.15) is 6.04 Å². The third-order valence-electron chi connectivity index (χ3n) is 4.25. The van der Waals surface area contributed by atoms with E-state index in [2.05, 4.69) is 12.2 Å². The maximum absolute atomic E-state index is 11.9. The van der Waals surface area contributed by atoms with Crippen molar-refractivity contribution in [2.45, 2.75) is 51.4 Å². The number of hydrogen-bond acceptors (Lipinski definition) is 4. The van der Waals surface area contributed by atoms with Crippen molar-refractivity contribution >= 4 is 11.6 Å². The van der Waals surface area contributed by atoms with Crippen molar-refractivity contribution in [3.05, 3.63) is 29.8 Å². The monoisotopic (exact) mass is 320 g/mol. The molecule has 23 heavy (non-hydrogen) atoms. The number of methoxy groups -OCH3 is 1. The summed E-state index contributed by atoms with van der Waals surface area (Å²) in [5.74, 6) is 0.507. The predicted octanol–water partition coefficient (Wildman–Crippen LogP) is 2.69. The van der Waals surface area contributed by atoms with Crippen LogP contribution in [0.4, 0.5) is 5.69 Å². The van der Waals surface area contributed by atoms with Crippen LogP contribution in [0.5, 0.6) is 0 Å². The Hall–Kier alpha value is -1.43. The maximum Gasteiger partial charge on any atom is 0.243 e. The number of nitrogens with two attached hydrogens (primary N) is 1. The molecule has 0 aromatic heterocycles. The second-order valence-corrected chi connectivity index (χ2v) is 6.46. The van der Waals surface area contributed by atoms with Crippen molar-refractivity contribution in [1.29, 1.82) is 0 Å². The zero-order valence-electron chi connectivity index (χ0n) is 14.1. The number of amides is 1. The minimum atomic E-state index is -0.663. The third-order valence-corrected chi connectivity index (χ3v) is 4.25. The van der Waals surface area contributed by atoms with E-state index in [9.17, 15) is 4.79 Å². The van der Waals surface area contributed by atoms with E-state index in [1.165, 1.54) is 20.0 Å². The average Bonchev–Trinajstić information content (AvgIpc) is 2.53. The van der Waals surface area contributed by atoms with Crippen LogP contribution in [-0.2, 0) is 20.9 Å². The molecule has 1 aliphatic carbocycles. The molecule has 3 unspecified atom stereocenters. The van der Waals surface area contributed by atoms with E-state index < -0.39 is 6.04 Å². The summed E-state index contributed by atoms with van der Waals surface area (Å²) in [6.07, 6.45) is 5.20. The Morgan fingerprint density at radius 1 is 1.43 bits per heavy atom. The molecule has 128 valence electrons. The molecule has 0 radical (unpaired) electrons. The van der Waals surface area contributed by atoms with E-state index in [4.69, 9.17) is 15.2 Å². The van der Waals surface area contributed by atoms with Crippen LogP contribution in [-0.4, -0.2) is 31.8 Å². The zero-order chi connectivity index (χ0) is 16.7. The largest absolute Gasteiger partial charge is 0.383 e. The van der Waals surface area contributed by atoms with E-state index in [-0.39, 0.29) is 12.5 Å². The fourth-order valence-corrected chi connectivity index (χ4v) is 2.97. The van der Waals surface area contributed by atoms with Crippen LogP contribution in [0, 0.1) is 5.92 Å². The van der Waals surface area contributed by atoms with Crippen molar-refractivity contribution in [2.24, 2.45) is 11.7 Å². The first kappa shape index (κ1) is 17.9. The van der Waals surface area contributed by atoms with Gasteiger partial charge in [-0.3, -0.25) is 4.79 Å². The Balaban J connectivity index is 1.85. The number of carbonyl (C=O) groups is 1. The molecule has 1 amide bonds. The zero-order valence-corrected chi connectivity index (χ0v) is 14.1. The summed E-state index contributed by atoms with van der Waals surface area (Å²) in [5, 5.41) is 2.81. The van der Waals surface area contributed by atoms with Gasteiger partial charge in [0.25, 0.3) is 0 Å². The highest BCUT2D eigenvalue weighted by atomic mass is 16.5. The van der Waals surface area contributed by atoms with E-state index in [1.807, 2.05) is 24.3 Å². The highest BCUT2D eigenvalue weighted by molar-refractivity contribution is 5.94. The van der Waals surface area contributed by atoms with Gasteiger partial charge in [-0.1, -0.05) is 31.9 Å². The fraction of sp³-hybridized carbons (Fsp3) is 0.611. The molecule has 1 fully saturated rings. The molecule has 1 aliphatic rings. The quantitative estimate of drug-likeness (QED) is 0.810. The van der Waals surface area contributed by atoms with Crippen molar-refractivity contribution in [2.75, 3.05) is 19.0 Å². The molecule has 5 heteroatoms. The Labute approximate surface area is 138 Å². The number of nitrogens with one attached hydrogen (secondary N) is 1. The average molecular weight is 320 g/mol. The summed E-state index contributed by atoms with van der Waals surface area (Å²) in [4.78, 5) is 11.9. The maximum atomic E-state index is 11.9. The molecule has 3 atom stereocenters. The first-order chi connectivity index (χ1) is 11.1. The molecule has 0 spiro atoms. The topological polar surface area (TPSA) is 73.6 Å². The van der Waals surface area contributed by atoms with Crippen molar-refractivity contribution < 1.29 is 14.3 Å². The van der Waals surface area contributed by atoms with E-state index in [0.29, 0.717) is 12.7 Å². The van der Waals surface area contributed by atoms with Gasteiger partial charge in [0, 0.05) is 12.8 Å². The lowest BCUT2D eigenvalue weighted by Gasteiger charge is -2.26. The Morgan fingerprint density at radius 3 is 3.00 bits per heavy atom. The standard InChI is InChI=1S/C18H28N2O3/c1-13-5-3-8-16(9-13)23-11-14-6-4-7-15(10-14)20-18(21)17(19)12-22-2/h4,6-7,10,13,16-17H,3,5,8-9,11-12,19H2,1-2H3,(H,20,21). The number of anilines is 1. The summed E-state index contributed by atoms with van der Waals surface area (Å²) in [5.41, 5.74) is 7.51. The Morgan fingerprint density at radius 2 is 2.26 bits per heavy atom. The van der Waals surface area contributed by atoms with Crippen LogP contribution in [0.1, 0.15) is 38.2 Å². The normalized spacial score (nSPS) is 22.6. The molecule has 0 heterocycles. The number of carbonyl (C=O) groups excluding carboxylic acids is 1. The van der Waals surface area contributed by atoms with Gasteiger partial charge in [0.05, 0.1) is 19.3 Å². The third kappa shape index (κ3) is 5.94. The molecular formula is C18H28N2O3.